The molecule has 2 heteroatoms. The van der Waals surface area contributed by atoms with Gasteiger partial charge in [0.1, 0.15) is 11.5 Å². The average molecular weight is 265 g/mol. The predicted octanol–water partition coefficient (Wildman–Crippen LogP) is 4.20. The van der Waals surface area contributed by atoms with Crippen LogP contribution >= 0.6 is 15.9 Å². The lowest BCUT2D eigenvalue weighted by Crippen LogP contribution is -1.85. The van der Waals surface area contributed by atoms with Crippen LogP contribution in [0.3, 0.4) is 0 Å². The molecule has 0 amide bonds. The fourth-order valence-corrected chi connectivity index (χ4v) is 2.01. The zero-order chi connectivity index (χ0) is 10.7. The first-order chi connectivity index (χ1) is 7.29. The van der Waals surface area contributed by atoms with Crippen LogP contribution in [0.1, 0.15) is 24.0 Å². The smallest absolute Gasteiger partial charge is 0.122 e. The highest BCUT2D eigenvalue weighted by Crippen LogP contribution is 2.24. The van der Waals surface area contributed by atoms with Crippen molar-refractivity contribution in [1.29, 1.82) is 0 Å². The maximum atomic E-state index is 5.72. The Labute approximate surface area is 98.2 Å². The third-order valence-electron chi connectivity index (χ3n) is 2.36. The topological polar surface area (TPSA) is 13.1 Å². The summed E-state index contributed by atoms with van der Waals surface area (Å²) in [6.07, 6.45) is 1.79. The van der Waals surface area contributed by atoms with Gasteiger partial charge in [-0.05, 0) is 27.6 Å². The zero-order valence-corrected chi connectivity index (χ0v) is 10.3. The average Bonchev–Trinajstić information content (AvgIpc) is 2.61. The number of hydrogen-bond acceptors (Lipinski definition) is 1. The highest BCUT2D eigenvalue weighted by Gasteiger charge is 2.08. The molecule has 0 aliphatic carbocycles. The first-order valence-corrected chi connectivity index (χ1v) is 5.90. The van der Waals surface area contributed by atoms with Crippen molar-refractivity contribution in [2.24, 2.45) is 0 Å². The summed E-state index contributed by atoms with van der Waals surface area (Å²) in [5, 5.41) is 0. The Morgan fingerprint density at radius 1 is 1.20 bits per heavy atom. The number of hydrogen-bond donors (Lipinski definition) is 0. The molecule has 1 heterocycles. The molecule has 0 N–H and O–H groups in total. The lowest BCUT2D eigenvalue weighted by molar-refractivity contribution is 0.476. The van der Waals surface area contributed by atoms with Crippen molar-refractivity contribution in [3.8, 4) is 0 Å². The van der Waals surface area contributed by atoms with E-state index in [4.69, 9.17) is 4.42 Å². The van der Waals surface area contributed by atoms with Crippen molar-refractivity contribution in [3.63, 3.8) is 0 Å². The van der Waals surface area contributed by atoms with Crippen molar-refractivity contribution >= 4 is 15.9 Å². The van der Waals surface area contributed by atoms with Crippen molar-refractivity contribution < 1.29 is 4.42 Å². The molecule has 0 radical (unpaired) electrons. The van der Waals surface area contributed by atoms with Crippen LogP contribution in [-0.2, 0) is 12.8 Å². The summed E-state index contributed by atoms with van der Waals surface area (Å²) in [6.45, 7) is 2.09. The van der Waals surface area contributed by atoms with E-state index >= 15 is 0 Å². The summed E-state index contributed by atoms with van der Waals surface area (Å²) >= 11 is 3.52. The molecular formula is C13H13BrO. The van der Waals surface area contributed by atoms with Gasteiger partial charge in [-0.25, -0.2) is 0 Å². The number of aryl methyl sites for hydroxylation is 1. The molecule has 1 nitrogen and oxygen atoms in total. The molecule has 0 saturated carbocycles. The number of halogens is 1. The van der Waals surface area contributed by atoms with E-state index in [1.807, 2.05) is 18.2 Å². The molecule has 2 rings (SSSR count). The van der Waals surface area contributed by atoms with Crippen molar-refractivity contribution in [2.75, 3.05) is 0 Å². The molecular weight excluding hydrogens is 252 g/mol. The molecule has 0 spiro atoms. The monoisotopic (exact) mass is 264 g/mol. The maximum absolute atomic E-state index is 5.72. The van der Waals surface area contributed by atoms with E-state index in [1.165, 1.54) is 5.56 Å². The van der Waals surface area contributed by atoms with Gasteiger partial charge in [-0.1, -0.05) is 37.3 Å². The standard InChI is InChI=1S/C13H13BrO/c1-2-11-9-12(14)13(15-11)8-10-6-4-3-5-7-10/h3-7,9H,2,8H2,1H3. The molecule has 1 aromatic heterocycles. The van der Waals surface area contributed by atoms with Crippen LogP contribution in [0.25, 0.3) is 0 Å². The first-order valence-electron chi connectivity index (χ1n) is 5.10. The number of benzene rings is 1. The second-order valence-corrected chi connectivity index (χ2v) is 4.35. The molecule has 1 aromatic carbocycles. The van der Waals surface area contributed by atoms with Gasteiger partial charge in [-0.15, -0.1) is 0 Å². The maximum Gasteiger partial charge on any atom is 0.122 e. The minimum Gasteiger partial charge on any atom is -0.465 e. The van der Waals surface area contributed by atoms with Gasteiger partial charge in [0.05, 0.1) is 4.47 Å². The fraction of sp³-hybridized carbons (Fsp3) is 0.231. The first kappa shape index (κ1) is 10.5. The molecule has 0 aliphatic rings. The van der Waals surface area contributed by atoms with Crippen molar-refractivity contribution in [2.45, 2.75) is 19.8 Å². The van der Waals surface area contributed by atoms with E-state index in [2.05, 4.69) is 41.1 Å². The highest BCUT2D eigenvalue weighted by atomic mass is 79.9. The molecule has 78 valence electrons. The highest BCUT2D eigenvalue weighted by molar-refractivity contribution is 9.10. The van der Waals surface area contributed by atoms with E-state index in [0.717, 1.165) is 28.8 Å². The minimum absolute atomic E-state index is 0.849. The van der Waals surface area contributed by atoms with E-state index in [1.54, 1.807) is 0 Å². The van der Waals surface area contributed by atoms with Crippen LogP contribution < -0.4 is 0 Å². The minimum atomic E-state index is 0.849. The third kappa shape index (κ3) is 2.51. The van der Waals surface area contributed by atoms with Gasteiger partial charge in [0.15, 0.2) is 0 Å². The van der Waals surface area contributed by atoms with Crippen LogP contribution in [0.2, 0.25) is 0 Å². The van der Waals surface area contributed by atoms with Gasteiger partial charge in [-0.2, -0.15) is 0 Å². The van der Waals surface area contributed by atoms with E-state index < -0.39 is 0 Å². The van der Waals surface area contributed by atoms with E-state index in [-0.39, 0.29) is 0 Å². The van der Waals surface area contributed by atoms with Crippen molar-refractivity contribution in [1.82, 2.24) is 0 Å². The Hall–Kier alpha value is -1.02. The molecule has 15 heavy (non-hydrogen) atoms. The van der Waals surface area contributed by atoms with Gasteiger partial charge >= 0.3 is 0 Å². The van der Waals surface area contributed by atoms with Crippen LogP contribution in [0.5, 0.6) is 0 Å². The van der Waals surface area contributed by atoms with Gasteiger partial charge < -0.3 is 4.42 Å². The largest absolute Gasteiger partial charge is 0.465 e. The Bertz CT molecular complexity index is 431. The summed E-state index contributed by atoms with van der Waals surface area (Å²) in [4.78, 5) is 0. The number of furan rings is 1. The summed E-state index contributed by atoms with van der Waals surface area (Å²) in [5.41, 5.74) is 1.27. The predicted molar refractivity (Wildman–Crippen MR) is 65.0 cm³/mol. The Morgan fingerprint density at radius 3 is 2.53 bits per heavy atom. The summed E-state index contributed by atoms with van der Waals surface area (Å²) in [6, 6.07) is 12.4. The fourth-order valence-electron chi connectivity index (χ4n) is 1.53. The van der Waals surface area contributed by atoms with Crippen LogP contribution in [0, 0.1) is 0 Å². The lowest BCUT2D eigenvalue weighted by atomic mass is 10.1. The molecule has 0 unspecified atom stereocenters. The molecule has 0 aliphatic heterocycles. The quantitative estimate of drug-likeness (QED) is 0.810. The van der Waals surface area contributed by atoms with Crippen LogP contribution in [-0.4, -0.2) is 0 Å². The normalized spacial score (nSPS) is 10.5. The van der Waals surface area contributed by atoms with Crippen LogP contribution in [0.4, 0.5) is 0 Å². The summed E-state index contributed by atoms with van der Waals surface area (Å²) in [7, 11) is 0. The Morgan fingerprint density at radius 2 is 1.93 bits per heavy atom. The second kappa shape index (κ2) is 4.67. The lowest BCUT2D eigenvalue weighted by Gasteiger charge is -1.98. The molecule has 0 saturated heterocycles. The molecule has 2 aromatic rings. The summed E-state index contributed by atoms with van der Waals surface area (Å²) < 4.78 is 6.79. The van der Waals surface area contributed by atoms with Gasteiger partial charge in [0, 0.05) is 12.8 Å². The van der Waals surface area contributed by atoms with Crippen molar-refractivity contribution in [3.05, 3.63) is 58.0 Å². The van der Waals surface area contributed by atoms with Gasteiger partial charge in [0.2, 0.25) is 0 Å². The third-order valence-corrected chi connectivity index (χ3v) is 3.04. The van der Waals surface area contributed by atoms with Crippen LogP contribution in [0.15, 0.2) is 45.3 Å². The zero-order valence-electron chi connectivity index (χ0n) is 8.66. The number of rotatable bonds is 3. The Balaban J connectivity index is 2.21. The molecule has 0 atom stereocenters. The van der Waals surface area contributed by atoms with Gasteiger partial charge in [-0.3, -0.25) is 0 Å². The van der Waals surface area contributed by atoms with E-state index in [9.17, 15) is 0 Å². The second-order valence-electron chi connectivity index (χ2n) is 3.50. The molecule has 0 fully saturated rings. The molecule has 0 bridgehead atoms. The van der Waals surface area contributed by atoms with Gasteiger partial charge in [0.25, 0.3) is 0 Å². The van der Waals surface area contributed by atoms with E-state index in [0.29, 0.717) is 0 Å². The SMILES string of the molecule is CCc1cc(Br)c(Cc2ccccc2)o1. The Kier molecular flexibility index (Phi) is 3.27. The summed E-state index contributed by atoms with van der Waals surface area (Å²) in [5.74, 6) is 2.05.